The van der Waals surface area contributed by atoms with Gasteiger partial charge in [-0.15, -0.1) is 0 Å². The van der Waals surface area contributed by atoms with Crippen molar-refractivity contribution in [3.8, 4) is 5.75 Å². The highest BCUT2D eigenvalue weighted by Gasteiger charge is 2.33. The second kappa shape index (κ2) is 7.44. The summed E-state index contributed by atoms with van der Waals surface area (Å²) in [4.78, 5) is 14.8. The van der Waals surface area contributed by atoms with Crippen LogP contribution in [-0.2, 0) is 0 Å². The van der Waals surface area contributed by atoms with Crippen LogP contribution in [0.25, 0.3) is 0 Å². The summed E-state index contributed by atoms with van der Waals surface area (Å²) in [5, 5.41) is 0. The van der Waals surface area contributed by atoms with E-state index in [4.69, 9.17) is 4.74 Å². The lowest BCUT2D eigenvalue weighted by Crippen LogP contribution is -2.49. The van der Waals surface area contributed by atoms with Crippen molar-refractivity contribution in [1.29, 1.82) is 0 Å². The van der Waals surface area contributed by atoms with Crippen LogP contribution in [0, 0.1) is 0 Å². The SMILES string of the molecule is CCCOc1ccc(C(=O)C(C)(C)N(CC)CC)cc1. The molecule has 0 heterocycles. The molecule has 0 aliphatic rings. The number of Topliss-reactive ketones (excluding diaryl/α,β-unsaturated/α-hetero) is 1. The number of benzene rings is 1. The van der Waals surface area contributed by atoms with E-state index in [1.54, 1.807) is 0 Å². The van der Waals surface area contributed by atoms with E-state index in [9.17, 15) is 4.79 Å². The van der Waals surface area contributed by atoms with Gasteiger partial charge < -0.3 is 4.74 Å². The molecular weight excluding hydrogens is 250 g/mol. The first-order chi connectivity index (χ1) is 9.47. The average molecular weight is 277 g/mol. The maximum atomic E-state index is 12.7. The number of hydrogen-bond donors (Lipinski definition) is 0. The number of nitrogens with zero attached hydrogens (tertiary/aromatic N) is 1. The number of hydrogen-bond acceptors (Lipinski definition) is 3. The topological polar surface area (TPSA) is 29.5 Å². The molecule has 0 amide bonds. The second-order valence-corrected chi connectivity index (χ2v) is 5.43. The number of carbonyl (C=O) groups excluding carboxylic acids is 1. The zero-order chi connectivity index (χ0) is 15.2. The number of rotatable bonds is 8. The maximum absolute atomic E-state index is 12.7. The summed E-state index contributed by atoms with van der Waals surface area (Å²) >= 11 is 0. The van der Waals surface area contributed by atoms with Gasteiger partial charge in [-0.1, -0.05) is 20.8 Å². The molecule has 0 spiro atoms. The quantitative estimate of drug-likeness (QED) is 0.677. The summed E-state index contributed by atoms with van der Waals surface area (Å²) in [6.45, 7) is 12.7. The summed E-state index contributed by atoms with van der Waals surface area (Å²) in [6, 6.07) is 7.47. The molecule has 0 fully saturated rings. The maximum Gasteiger partial charge on any atom is 0.182 e. The van der Waals surface area contributed by atoms with Gasteiger partial charge in [0.2, 0.25) is 0 Å². The largest absolute Gasteiger partial charge is 0.494 e. The van der Waals surface area contributed by atoms with Crippen molar-refractivity contribution >= 4 is 5.78 Å². The van der Waals surface area contributed by atoms with E-state index in [0.29, 0.717) is 6.61 Å². The van der Waals surface area contributed by atoms with Crippen LogP contribution in [0.1, 0.15) is 51.4 Å². The zero-order valence-corrected chi connectivity index (χ0v) is 13.4. The highest BCUT2D eigenvalue weighted by Crippen LogP contribution is 2.22. The lowest BCUT2D eigenvalue weighted by Gasteiger charge is -2.35. The molecule has 20 heavy (non-hydrogen) atoms. The van der Waals surface area contributed by atoms with E-state index in [-0.39, 0.29) is 5.78 Å². The van der Waals surface area contributed by atoms with Crippen LogP contribution < -0.4 is 4.74 Å². The van der Waals surface area contributed by atoms with Gasteiger partial charge in [-0.25, -0.2) is 0 Å². The Balaban J connectivity index is 2.86. The van der Waals surface area contributed by atoms with Gasteiger partial charge in [-0.3, -0.25) is 9.69 Å². The highest BCUT2D eigenvalue weighted by atomic mass is 16.5. The lowest BCUT2D eigenvalue weighted by molar-refractivity contribution is 0.0669. The van der Waals surface area contributed by atoms with Crippen LogP contribution >= 0.6 is 0 Å². The van der Waals surface area contributed by atoms with Crippen LogP contribution in [0.15, 0.2) is 24.3 Å². The molecular formula is C17H27NO2. The van der Waals surface area contributed by atoms with Crippen LogP contribution in [0.4, 0.5) is 0 Å². The minimum Gasteiger partial charge on any atom is -0.494 e. The van der Waals surface area contributed by atoms with Crippen molar-refractivity contribution in [2.24, 2.45) is 0 Å². The number of likely N-dealkylation sites (N-methyl/N-ethyl adjacent to an activating group) is 1. The van der Waals surface area contributed by atoms with Gasteiger partial charge in [-0.05, 0) is 57.6 Å². The third-order valence-corrected chi connectivity index (χ3v) is 3.70. The van der Waals surface area contributed by atoms with Crippen molar-refractivity contribution in [3.63, 3.8) is 0 Å². The molecule has 0 unspecified atom stereocenters. The predicted molar refractivity (Wildman–Crippen MR) is 83.6 cm³/mol. The number of ketones is 1. The molecule has 112 valence electrons. The van der Waals surface area contributed by atoms with Crippen LogP contribution in [0.3, 0.4) is 0 Å². The molecule has 0 radical (unpaired) electrons. The molecule has 3 heteroatoms. The molecule has 0 aromatic heterocycles. The average Bonchev–Trinajstić information content (AvgIpc) is 2.46. The van der Waals surface area contributed by atoms with Gasteiger partial charge in [-0.2, -0.15) is 0 Å². The van der Waals surface area contributed by atoms with Gasteiger partial charge in [0.05, 0.1) is 12.1 Å². The summed E-state index contributed by atoms with van der Waals surface area (Å²) < 4.78 is 5.54. The monoisotopic (exact) mass is 277 g/mol. The Morgan fingerprint density at radius 1 is 1.10 bits per heavy atom. The van der Waals surface area contributed by atoms with E-state index in [1.165, 1.54) is 0 Å². The Kier molecular flexibility index (Phi) is 6.21. The standard InChI is InChI=1S/C17H27NO2/c1-6-13-20-15-11-9-14(10-12-15)16(19)17(4,5)18(7-2)8-3/h9-12H,6-8,13H2,1-5H3. The van der Waals surface area contributed by atoms with Gasteiger partial charge in [0, 0.05) is 5.56 Å². The predicted octanol–water partition coefficient (Wildman–Crippen LogP) is 3.78. The molecule has 0 bridgehead atoms. The van der Waals surface area contributed by atoms with Crippen molar-refractivity contribution < 1.29 is 9.53 Å². The molecule has 0 saturated heterocycles. The molecule has 1 rings (SSSR count). The minimum absolute atomic E-state index is 0.156. The van der Waals surface area contributed by atoms with Gasteiger partial charge in [0.15, 0.2) is 5.78 Å². The molecule has 1 aromatic carbocycles. The van der Waals surface area contributed by atoms with Gasteiger partial charge in [0.1, 0.15) is 5.75 Å². The lowest BCUT2D eigenvalue weighted by atomic mass is 9.91. The first kappa shape index (κ1) is 16.7. The Morgan fingerprint density at radius 2 is 1.65 bits per heavy atom. The Hall–Kier alpha value is -1.35. The summed E-state index contributed by atoms with van der Waals surface area (Å²) in [7, 11) is 0. The van der Waals surface area contributed by atoms with E-state index in [2.05, 4.69) is 25.7 Å². The van der Waals surface area contributed by atoms with E-state index >= 15 is 0 Å². The molecule has 0 N–H and O–H groups in total. The molecule has 1 aromatic rings. The fraction of sp³-hybridized carbons (Fsp3) is 0.588. The first-order valence-corrected chi connectivity index (χ1v) is 7.50. The van der Waals surface area contributed by atoms with E-state index in [1.807, 2.05) is 38.1 Å². The van der Waals surface area contributed by atoms with Gasteiger partial charge >= 0.3 is 0 Å². The molecule has 0 aliphatic heterocycles. The summed E-state index contributed by atoms with van der Waals surface area (Å²) in [5.41, 5.74) is 0.265. The summed E-state index contributed by atoms with van der Waals surface area (Å²) in [5.74, 6) is 0.979. The fourth-order valence-corrected chi connectivity index (χ4v) is 2.43. The molecule has 0 atom stereocenters. The van der Waals surface area contributed by atoms with Gasteiger partial charge in [0.25, 0.3) is 0 Å². The van der Waals surface area contributed by atoms with Crippen molar-refractivity contribution in [2.45, 2.75) is 46.6 Å². The number of carbonyl (C=O) groups is 1. The normalized spacial score (nSPS) is 11.7. The molecule has 0 saturated carbocycles. The Morgan fingerprint density at radius 3 is 2.10 bits per heavy atom. The van der Waals surface area contributed by atoms with Crippen molar-refractivity contribution in [3.05, 3.63) is 29.8 Å². The Labute approximate surface area is 122 Å². The van der Waals surface area contributed by atoms with E-state index < -0.39 is 5.54 Å². The fourth-order valence-electron chi connectivity index (χ4n) is 2.43. The first-order valence-electron chi connectivity index (χ1n) is 7.50. The smallest absolute Gasteiger partial charge is 0.182 e. The third-order valence-electron chi connectivity index (χ3n) is 3.70. The zero-order valence-electron chi connectivity index (χ0n) is 13.4. The summed E-state index contributed by atoms with van der Waals surface area (Å²) in [6.07, 6.45) is 0.982. The second-order valence-electron chi connectivity index (χ2n) is 5.43. The van der Waals surface area contributed by atoms with Crippen LogP contribution in [-0.4, -0.2) is 35.9 Å². The highest BCUT2D eigenvalue weighted by molar-refractivity contribution is 6.02. The van der Waals surface area contributed by atoms with Crippen LogP contribution in [0.2, 0.25) is 0 Å². The third kappa shape index (κ3) is 3.83. The van der Waals surface area contributed by atoms with Crippen LogP contribution in [0.5, 0.6) is 5.75 Å². The van der Waals surface area contributed by atoms with Crippen molar-refractivity contribution in [2.75, 3.05) is 19.7 Å². The Bertz CT molecular complexity index is 419. The molecule has 3 nitrogen and oxygen atoms in total. The van der Waals surface area contributed by atoms with E-state index in [0.717, 1.165) is 30.8 Å². The van der Waals surface area contributed by atoms with Crippen molar-refractivity contribution in [1.82, 2.24) is 4.90 Å². The molecule has 0 aliphatic carbocycles. The number of ether oxygens (including phenoxy) is 1. The minimum atomic E-state index is -0.477.